The predicted molar refractivity (Wildman–Crippen MR) is 115 cm³/mol. The molecule has 0 fully saturated rings. The number of carbonyl (C=O) groups excluding carboxylic acids is 1. The van der Waals surface area contributed by atoms with Crippen molar-refractivity contribution in [1.29, 1.82) is 0 Å². The van der Waals surface area contributed by atoms with Gasteiger partial charge in [-0.2, -0.15) is 0 Å². The molecule has 30 heavy (non-hydrogen) atoms. The normalized spacial score (nSPS) is 14.5. The molecule has 1 amide bonds. The fourth-order valence-electron chi connectivity index (χ4n) is 4.20. The lowest BCUT2D eigenvalue weighted by molar-refractivity contribution is 0.0519. The van der Waals surface area contributed by atoms with E-state index in [9.17, 15) is 9.90 Å². The van der Waals surface area contributed by atoms with Crippen LogP contribution in [-0.2, 0) is 15.0 Å². The number of fused-ring (bicyclic) bond motifs is 3. The monoisotopic (exact) mass is 403 g/mol. The van der Waals surface area contributed by atoms with Crippen LogP contribution < -0.4 is 5.32 Å². The van der Waals surface area contributed by atoms with Crippen LogP contribution in [0.5, 0.6) is 0 Å². The maximum absolute atomic E-state index is 12.7. The molecule has 0 bridgehead atoms. The van der Waals surface area contributed by atoms with Crippen molar-refractivity contribution in [2.75, 3.05) is 26.9 Å². The van der Waals surface area contributed by atoms with Crippen molar-refractivity contribution in [3.8, 4) is 11.1 Å². The fourth-order valence-corrected chi connectivity index (χ4v) is 4.20. The second-order valence-electron chi connectivity index (χ2n) is 7.49. The minimum atomic E-state index is -1.07. The molecule has 0 heterocycles. The van der Waals surface area contributed by atoms with Crippen LogP contribution in [0, 0.1) is 0 Å². The van der Waals surface area contributed by atoms with Crippen molar-refractivity contribution in [2.24, 2.45) is 0 Å². The number of nitrogens with one attached hydrogen (secondary N) is 1. The molecular formula is C25H25NO4. The second kappa shape index (κ2) is 8.69. The van der Waals surface area contributed by atoms with Gasteiger partial charge in [-0.1, -0.05) is 78.9 Å². The minimum absolute atomic E-state index is 0.0224. The molecule has 1 aliphatic carbocycles. The number of hydrogen-bond acceptors (Lipinski definition) is 4. The van der Waals surface area contributed by atoms with Crippen LogP contribution in [0.4, 0.5) is 4.79 Å². The van der Waals surface area contributed by atoms with Gasteiger partial charge in [0.2, 0.25) is 0 Å². The highest BCUT2D eigenvalue weighted by Gasteiger charge is 2.35. The molecule has 154 valence electrons. The van der Waals surface area contributed by atoms with E-state index < -0.39 is 11.6 Å². The zero-order chi connectivity index (χ0) is 21.0. The largest absolute Gasteiger partial charge is 0.449 e. The van der Waals surface area contributed by atoms with E-state index in [1.54, 1.807) is 0 Å². The molecule has 5 heteroatoms. The molecule has 5 nitrogen and oxygen atoms in total. The van der Waals surface area contributed by atoms with Gasteiger partial charge in [-0.15, -0.1) is 0 Å². The van der Waals surface area contributed by atoms with Crippen LogP contribution >= 0.6 is 0 Å². The molecule has 2 N–H and O–H groups in total. The molecule has 0 aromatic heterocycles. The average Bonchev–Trinajstić information content (AvgIpc) is 3.12. The summed E-state index contributed by atoms with van der Waals surface area (Å²) in [6, 6.07) is 25.7. The number of hydrogen-bond donors (Lipinski definition) is 2. The summed E-state index contributed by atoms with van der Waals surface area (Å²) >= 11 is 0. The Morgan fingerprint density at radius 3 is 2.07 bits per heavy atom. The Kier molecular flexibility index (Phi) is 5.84. The van der Waals surface area contributed by atoms with Gasteiger partial charge < -0.3 is 19.9 Å². The summed E-state index contributed by atoms with van der Waals surface area (Å²) in [6.07, 6.45) is -0.591. The molecule has 0 radical (unpaired) electrons. The lowest BCUT2D eigenvalue weighted by Gasteiger charge is -2.32. The average molecular weight is 403 g/mol. The van der Waals surface area contributed by atoms with E-state index >= 15 is 0 Å². The zero-order valence-corrected chi connectivity index (χ0v) is 16.9. The summed E-state index contributed by atoms with van der Waals surface area (Å²) in [5.41, 5.74) is 4.34. The highest BCUT2D eigenvalue weighted by molar-refractivity contribution is 5.79. The van der Waals surface area contributed by atoms with Crippen molar-refractivity contribution in [1.82, 2.24) is 5.32 Å². The fraction of sp³-hybridized carbons (Fsp3) is 0.240. The van der Waals surface area contributed by atoms with E-state index in [-0.39, 0.29) is 25.7 Å². The van der Waals surface area contributed by atoms with Gasteiger partial charge in [0, 0.05) is 13.0 Å². The number of aliphatic hydroxyl groups excluding tert-OH is 1. The van der Waals surface area contributed by atoms with Gasteiger partial charge in [-0.25, -0.2) is 4.79 Å². The summed E-state index contributed by atoms with van der Waals surface area (Å²) in [7, 11) is 1.53. The van der Waals surface area contributed by atoms with E-state index in [4.69, 9.17) is 9.47 Å². The Labute approximate surface area is 176 Å². The van der Waals surface area contributed by atoms with Gasteiger partial charge in [0.1, 0.15) is 12.1 Å². The van der Waals surface area contributed by atoms with Crippen molar-refractivity contribution in [3.05, 3.63) is 95.6 Å². The number of amides is 1. The second-order valence-corrected chi connectivity index (χ2v) is 7.49. The third kappa shape index (κ3) is 3.70. The van der Waals surface area contributed by atoms with Gasteiger partial charge in [0.25, 0.3) is 0 Å². The van der Waals surface area contributed by atoms with E-state index in [0.717, 1.165) is 16.7 Å². The quantitative estimate of drug-likeness (QED) is 0.624. The minimum Gasteiger partial charge on any atom is -0.449 e. The first-order valence-electron chi connectivity index (χ1n) is 9.97. The molecule has 0 saturated carbocycles. The summed E-state index contributed by atoms with van der Waals surface area (Å²) in [6.45, 7) is 0.0237. The molecule has 1 atom stereocenters. The van der Waals surface area contributed by atoms with Gasteiger partial charge >= 0.3 is 6.09 Å². The highest BCUT2D eigenvalue weighted by Crippen LogP contribution is 2.44. The third-order valence-electron chi connectivity index (χ3n) is 5.67. The number of aliphatic hydroxyl groups is 1. The number of methoxy groups -OCH3 is 1. The van der Waals surface area contributed by atoms with Gasteiger partial charge in [-0.05, 0) is 27.8 Å². The van der Waals surface area contributed by atoms with Crippen LogP contribution in [0.1, 0.15) is 22.6 Å². The number of carbonyl (C=O) groups is 1. The van der Waals surface area contributed by atoms with Gasteiger partial charge in [0.15, 0.2) is 0 Å². The molecule has 0 spiro atoms. The van der Waals surface area contributed by atoms with Crippen LogP contribution in [-0.4, -0.2) is 38.1 Å². The zero-order valence-electron chi connectivity index (χ0n) is 16.9. The SMILES string of the molecule is COCC(CO)(NC(=O)OCC1c2ccccc2-c2ccccc21)c1ccccc1. The van der Waals surface area contributed by atoms with Gasteiger partial charge in [-0.3, -0.25) is 0 Å². The van der Waals surface area contributed by atoms with Crippen LogP contribution in [0.3, 0.4) is 0 Å². The van der Waals surface area contributed by atoms with Crippen molar-refractivity contribution in [3.63, 3.8) is 0 Å². The highest BCUT2D eigenvalue weighted by atomic mass is 16.5. The number of rotatable bonds is 7. The number of benzene rings is 3. The van der Waals surface area contributed by atoms with Crippen LogP contribution in [0.25, 0.3) is 11.1 Å². The lowest BCUT2D eigenvalue weighted by atomic mass is 9.91. The van der Waals surface area contributed by atoms with E-state index in [0.29, 0.717) is 0 Å². The van der Waals surface area contributed by atoms with Crippen molar-refractivity contribution >= 4 is 6.09 Å². The Morgan fingerprint density at radius 2 is 1.50 bits per heavy atom. The first kappa shape index (κ1) is 20.1. The Morgan fingerprint density at radius 1 is 0.933 bits per heavy atom. The summed E-state index contributed by atoms with van der Waals surface area (Å²) in [5, 5.41) is 12.9. The number of ether oxygens (including phenoxy) is 2. The maximum Gasteiger partial charge on any atom is 0.408 e. The Balaban J connectivity index is 1.52. The Bertz CT molecular complexity index is 975. The molecule has 4 rings (SSSR count). The number of alkyl carbamates (subject to hydrolysis) is 1. The molecule has 1 unspecified atom stereocenters. The molecule has 0 saturated heterocycles. The van der Waals surface area contributed by atoms with Crippen LogP contribution in [0.15, 0.2) is 78.9 Å². The topological polar surface area (TPSA) is 67.8 Å². The Hall–Kier alpha value is -3.15. The summed E-state index contributed by atoms with van der Waals surface area (Å²) < 4.78 is 10.9. The molecular weight excluding hydrogens is 378 g/mol. The third-order valence-corrected chi connectivity index (χ3v) is 5.67. The molecule has 3 aromatic carbocycles. The van der Waals surface area contributed by atoms with Crippen LogP contribution in [0.2, 0.25) is 0 Å². The standard InChI is InChI=1S/C25H25NO4/c1-29-17-25(16-27,18-9-3-2-4-10-18)26-24(28)30-15-23-21-13-7-5-11-19(21)20-12-6-8-14-22(20)23/h2-14,23,27H,15-17H2,1H3,(H,26,28). The smallest absolute Gasteiger partial charge is 0.408 e. The summed E-state index contributed by atoms with van der Waals surface area (Å²) in [4.78, 5) is 12.7. The lowest BCUT2D eigenvalue weighted by Crippen LogP contribution is -2.52. The first-order valence-corrected chi connectivity index (χ1v) is 9.97. The molecule has 3 aromatic rings. The summed E-state index contributed by atoms with van der Waals surface area (Å²) in [5.74, 6) is -0.0224. The molecule has 0 aliphatic heterocycles. The first-order chi connectivity index (χ1) is 14.7. The predicted octanol–water partition coefficient (Wildman–Crippen LogP) is 4.06. The maximum atomic E-state index is 12.7. The van der Waals surface area contributed by atoms with Crippen molar-refractivity contribution in [2.45, 2.75) is 11.5 Å². The van der Waals surface area contributed by atoms with E-state index in [2.05, 4.69) is 29.6 Å². The van der Waals surface area contributed by atoms with Crippen molar-refractivity contribution < 1.29 is 19.4 Å². The molecule has 1 aliphatic rings. The van der Waals surface area contributed by atoms with Gasteiger partial charge in [0.05, 0.1) is 13.2 Å². The van der Waals surface area contributed by atoms with E-state index in [1.165, 1.54) is 18.2 Å². The van der Waals surface area contributed by atoms with E-state index in [1.807, 2.05) is 54.6 Å².